The third kappa shape index (κ3) is 3.86. The van der Waals surface area contributed by atoms with E-state index in [1.165, 1.54) is 14.2 Å². The van der Waals surface area contributed by atoms with Gasteiger partial charge in [0.25, 0.3) is 0 Å². The van der Waals surface area contributed by atoms with E-state index in [9.17, 15) is 9.59 Å². The largest absolute Gasteiger partial charge is 0.361 e. The Morgan fingerprint density at radius 2 is 1.85 bits per heavy atom. The van der Waals surface area contributed by atoms with Crippen molar-refractivity contribution in [1.29, 1.82) is 0 Å². The predicted molar refractivity (Wildman–Crippen MR) is 44.2 cm³/mol. The van der Waals surface area contributed by atoms with Crippen molar-refractivity contribution in [2.45, 2.75) is 13.3 Å². The molecular formula is C7H14N2O4. The van der Waals surface area contributed by atoms with Crippen LogP contribution in [0.15, 0.2) is 0 Å². The van der Waals surface area contributed by atoms with Crippen LogP contribution in [0.25, 0.3) is 0 Å². The first-order valence-electron chi connectivity index (χ1n) is 3.87. The maximum absolute atomic E-state index is 11.1. The first-order chi connectivity index (χ1) is 6.17. The smallest absolute Gasteiger partial charge is 0.348 e. The molecule has 0 saturated carbocycles. The van der Waals surface area contributed by atoms with Gasteiger partial charge in [-0.1, -0.05) is 12.2 Å². The molecule has 0 atom stereocenters. The average Bonchev–Trinajstić information content (AvgIpc) is 2.15. The fraction of sp³-hybridized carbons (Fsp3) is 0.714. The molecule has 1 N–H and O–H groups in total. The van der Waals surface area contributed by atoms with Gasteiger partial charge in [0.05, 0.1) is 14.2 Å². The Labute approximate surface area is 76.7 Å². The summed E-state index contributed by atoms with van der Waals surface area (Å²) in [6, 6.07) is 0. The Morgan fingerprint density at radius 3 is 2.23 bits per heavy atom. The van der Waals surface area contributed by atoms with Crippen molar-refractivity contribution in [3.63, 3.8) is 0 Å². The summed E-state index contributed by atoms with van der Waals surface area (Å²) < 4.78 is 0. The molecule has 2 amide bonds. The Balaban J connectivity index is 4.00. The van der Waals surface area contributed by atoms with Gasteiger partial charge in [-0.05, 0) is 6.42 Å². The second kappa shape index (κ2) is 6.38. The molecule has 0 bridgehead atoms. The lowest BCUT2D eigenvalue weighted by atomic mass is 10.4. The summed E-state index contributed by atoms with van der Waals surface area (Å²) in [4.78, 5) is 31.0. The van der Waals surface area contributed by atoms with Gasteiger partial charge in [0.2, 0.25) is 0 Å². The minimum atomic E-state index is -0.876. The minimum absolute atomic E-state index is 0.450. The SMILES string of the molecule is CCCNC(=O)C(=O)N(OC)OC. The summed E-state index contributed by atoms with van der Waals surface area (Å²) in [5, 5.41) is 2.90. The van der Waals surface area contributed by atoms with E-state index in [-0.39, 0.29) is 0 Å². The van der Waals surface area contributed by atoms with Crippen LogP contribution < -0.4 is 5.32 Å². The van der Waals surface area contributed by atoms with Crippen LogP contribution in [0.4, 0.5) is 0 Å². The number of carbonyl (C=O) groups excluding carboxylic acids is 2. The summed E-state index contributed by atoms with van der Waals surface area (Å²) >= 11 is 0. The topological polar surface area (TPSA) is 67.9 Å². The molecule has 13 heavy (non-hydrogen) atoms. The highest BCUT2D eigenvalue weighted by molar-refractivity contribution is 6.34. The summed E-state index contributed by atoms with van der Waals surface area (Å²) in [5.74, 6) is -1.62. The van der Waals surface area contributed by atoms with Crippen molar-refractivity contribution in [3.05, 3.63) is 0 Å². The number of hydrogen-bond donors (Lipinski definition) is 1. The second-order valence-electron chi connectivity index (χ2n) is 2.18. The molecule has 6 heteroatoms. The molecule has 0 fully saturated rings. The first kappa shape index (κ1) is 11.9. The van der Waals surface area contributed by atoms with Crippen LogP contribution in [0.2, 0.25) is 0 Å². The molecule has 0 spiro atoms. The van der Waals surface area contributed by atoms with Crippen LogP contribution in [-0.4, -0.2) is 37.8 Å². The normalized spacial score (nSPS) is 9.46. The van der Waals surface area contributed by atoms with Crippen LogP contribution in [0.5, 0.6) is 0 Å². The van der Waals surface area contributed by atoms with Crippen molar-refractivity contribution in [2.24, 2.45) is 0 Å². The van der Waals surface area contributed by atoms with E-state index in [0.717, 1.165) is 6.42 Å². The van der Waals surface area contributed by atoms with E-state index >= 15 is 0 Å². The third-order valence-electron chi connectivity index (χ3n) is 1.23. The molecule has 0 saturated heterocycles. The van der Waals surface area contributed by atoms with Crippen molar-refractivity contribution >= 4 is 11.8 Å². The molecule has 0 aliphatic heterocycles. The highest BCUT2D eigenvalue weighted by Gasteiger charge is 2.21. The van der Waals surface area contributed by atoms with Crippen LogP contribution >= 0.6 is 0 Å². The number of carbonyl (C=O) groups is 2. The first-order valence-corrected chi connectivity index (χ1v) is 3.87. The van der Waals surface area contributed by atoms with E-state index in [4.69, 9.17) is 0 Å². The number of rotatable bonds is 4. The number of nitrogens with one attached hydrogen (secondary N) is 1. The van der Waals surface area contributed by atoms with Crippen LogP contribution in [0.3, 0.4) is 0 Å². The monoisotopic (exact) mass is 190 g/mol. The molecule has 0 aromatic heterocycles. The third-order valence-corrected chi connectivity index (χ3v) is 1.23. The van der Waals surface area contributed by atoms with Gasteiger partial charge in [-0.15, -0.1) is 0 Å². The fourth-order valence-corrected chi connectivity index (χ4v) is 0.637. The van der Waals surface area contributed by atoms with Gasteiger partial charge in [-0.25, -0.2) is 9.68 Å². The highest BCUT2D eigenvalue weighted by Crippen LogP contribution is 1.89. The van der Waals surface area contributed by atoms with Crippen LogP contribution in [0, 0.1) is 0 Å². The maximum atomic E-state index is 11.1. The zero-order valence-electron chi connectivity index (χ0n) is 7.99. The van der Waals surface area contributed by atoms with E-state index in [1.54, 1.807) is 0 Å². The van der Waals surface area contributed by atoms with Gasteiger partial charge in [0.15, 0.2) is 0 Å². The Morgan fingerprint density at radius 1 is 1.31 bits per heavy atom. The molecule has 0 radical (unpaired) electrons. The number of hydrogen-bond acceptors (Lipinski definition) is 4. The summed E-state index contributed by atoms with van der Waals surface area (Å²) in [6.45, 7) is 2.33. The summed E-state index contributed by atoms with van der Waals surface area (Å²) in [6.07, 6.45) is 0.763. The van der Waals surface area contributed by atoms with Gasteiger partial charge >= 0.3 is 11.8 Å². The molecule has 0 unspecified atom stereocenters. The summed E-state index contributed by atoms with van der Waals surface area (Å²) in [5.41, 5.74) is 0. The molecule has 0 heterocycles. The lowest BCUT2D eigenvalue weighted by Gasteiger charge is -2.14. The van der Waals surface area contributed by atoms with E-state index in [0.29, 0.717) is 11.8 Å². The standard InChI is InChI=1S/C7H14N2O4/c1-4-5-8-6(10)7(11)9(12-2)13-3/h4-5H2,1-3H3,(H,8,10). The second-order valence-corrected chi connectivity index (χ2v) is 2.18. The zero-order valence-corrected chi connectivity index (χ0v) is 7.99. The molecule has 0 aliphatic rings. The molecule has 0 rings (SSSR count). The van der Waals surface area contributed by atoms with Crippen molar-refractivity contribution in [3.8, 4) is 0 Å². The highest BCUT2D eigenvalue weighted by atomic mass is 16.9. The van der Waals surface area contributed by atoms with E-state index in [2.05, 4.69) is 15.0 Å². The predicted octanol–water partition coefficient (Wildman–Crippen LogP) is -0.536. The van der Waals surface area contributed by atoms with E-state index < -0.39 is 11.8 Å². The van der Waals surface area contributed by atoms with Gasteiger partial charge < -0.3 is 5.32 Å². The van der Waals surface area contributed by atoms with Gasteiger partial charge in [-0.3, -0.25) is 9.59 Å². The van der Waals surface area contributed by atoms with Gasteiger partial charge in [0.1, 0.15) is 0 Å². The van der Waals surface area contributed by atoms with E-state index in [1.807, 2.05) is 6.92 Å². The maximum Gasteiger partial charge on any atom is 0.361 e. The van der Waals surface area contributed by atoms with Crippen molar-refractivity contribution < 1.29 is 19.3 Å². The Kier molecular flexibility index (Phi) is 5.82. The van der Waals surface area contributed by atoms with Crippen molar-refractivity contribution in [2.75, 3.05) is 20.8 Å². The molecular weight excluding hydrogens is 176 g/mol. The van der Waals surface area contributed by atoms with Crippen LogP contribution in [0.1, 0.15) is 13.3 Å². The van der Waals surface area contributed by atoms with Gasteiger partial charge in [-0.2, -0.15) is 0 Å². The summed E-state index contributed by atoms with van der Waals surface area (Å²) in [7, 11) is 2.46. The molecule has 6 nitrogen and oxygen atoms in total. The van der Waals surface area contributed by atoms with Crippen molar-refractivity contribution in [1.82, 2.24) is 10.5 Å². The fourth-order valence-electron chi connectivity index (χ4n) is 0.637. The van der Waals surface area contributed by atoms with Crippen LogP contribution in [-0.2, 0) is 19.3 Å². The van der Waals surface area contributed by atoms with Gasteiger partial charge in [0, 0.05) is 6.54 Å². The molecule has 0 aliphatic carbocycles. The quantitative estimate of drug-likeness (QED) is 0.477. The number of amides is 2. The lowest BCUT2D eigenvalue weighted by molar-refractivity contribution is -0.314. The molecule has 0 aromatic carbocycles. The molecule has 0 aromatic rings. The Bertz CT molecular complexity index is 179. The Hall–Kier alpha value is -1.14. The number of nitrogens with zero attached hydrogens (tertiary/aromatic N) is 1. The number of hydroxylamine groups is 2. The minimum Gasteiger partial charge on any atom is -0.348 e. The lowest BCUT2D eigenvalue weighted by Crippen LogP contribution is -2.42. The zero-order chi connectivity index (χ0) is 10.3. The molecule has 76 valence electrons. The average molecular weight is 190 g/mol.